The molecule has 0 saturated heterocycles. The molecule has 0 bridgehead atoms. The van der Waals surface area contributed by atoms with Crippen LogP contribution in [0.1, 0.15) is 16.7 Å². The number of aromatic nitrogens is 2. The van der Waals surface area contributed by atoms with Crippen LogP contribution >= 0.6 is 22.9 Å². The SMILES string of the molecule is CS(=O)(=O)Nc1csc(-c2nc(Nc3cc4c(cc3Cl)CNCC4)ncc2C(F)(F)F)c1. The molecule has 3 aromatic rings. The van der Waals surface area contributed by atoms with Crippen molar-refractivity contribution in [1.29, 1.82) is 0 Å². The van der Waals surface area contributed by atoms with E-state index in [0.717, 1.165) is 41.7 Å². The second kappa shape index (κ2) is 8.50. The van der Waals surface area contributed by atoms with Gasteiger partial charge in [-0.15, -0.1) is 11.3 Å². The van der Waals surface area contributed by atoms with Crippen LogP contribution in [0.3, 0.4) is 0 Å². The van der Waals surface area contributed by atoms with E-state index < -0.39 is 21.8 Å². The Morgan fingerprint density at radius 2 is 2.00 bits per heavy atom. The molecule has 0 unspecified atom stereocenters. The van der Waals surface area contributed by atoms with Crippen molar-refractivity contribution in [2.24, 2.45) is 0 Å². The summed E-state index contributed by atoms with van der Waals surface area (Å²) >= 11 is 7.28. The maximum atomic E-state index is 13.6. The number of nitrogens with one attached hydrogen (secondary N) is 3. The van der Waals surface area contributed by atoms with E-state index in [9.17, 15) is 21.6 Å². The van der Waals surface area contributed by atoms with Crippen molar-refractivity contribution in [3.05, 3.63) is 51.5 Å². The van der Waals surface area contributed by atoms with Gasteiger partial charge in [0.1, 0.15) is 5.56 Å². The highest BCUT2D eigenvalue weighted by Gasteiger charge is 2.36. The van der Waals surface area contributed by atoms with Crippen LogP contribution in [0.2, 0.25) is 5.02 Å². The Bertz CT molecular complexity index is 1280. The molecule has 3 heterocycles. The number of hydrogen-bond acceptors (Lipinski definition) is 7. The van der Waals surface area contributed by atoms with Crippen LogP contribution in [0.15, 0.2) is 29.8 Å². The van der Waals surface area contributed by atoms with Crippen LogP contribution in [-0.4, -0.2) is 31.2 Å². The van der Waals surface area contributed by atoms with Crippen molar-refractivity contribution in [3.8, 4) is 10.6 Å². The van der Waals surface area contributed by atoms with Gasteiger partial charge in [0, 0.05) is 18.1 Å². The van der Waals surface area contributed by atoms with Crippen molar-refractivity contribution in [3.63, 3.8) is 0 Å². The van der Waals surface area contributed by atoms with Crippen LogP contribution in [0.5, 0.6) is 0 Å². The quantitative estimate of drug-likeness (QED) is 0.469. The predicted molar refractivity (Wildman–Crippen MR) is 119 cm³/mol. The molecule has 0 radical (unpaired) electrons. The van der Waals surface area contributed by atoms with Crippen LogP contribution in [-0.2, 0) is 29.2 Å². The summed E-state index contributed by atoms with van der Waals surface area (Å²) in [7, 11) is -3.58. The molecule has 0 fully saturated rings. The normalized spacial score (nSPS) is 14.2. The fourth-order valence-electron chi connectivity index (χ4n) is 3.28. The molecular formula is C19H17ClF3N5O2S2. The average Bonchev–Trinajstić information content (AvgIpc) is 3.14. The Labute approximate surface area is 191 Å². The second-order valence-corrected chi connectivity index (χ2v) is 10.2. The summed E-state index contributed by atoms with van der Waals surface area (Å²) < 4.78 is 65.9. The molecule has 0 amide bonds. The van der Waals surface area contributed by atoms with Crippen molar-refractivity contribution < 1.29 is 21.6 Å². The first-order valence-electron chi connectivity index (χ1n) is 9.29. The maximum Gasteiger partial charge on any atom is 0.420 e. The predicted octanol–water partition coefficient (Wildman–Crippen LogP) is 4.64. The van der Waals surface area contributed by atoms with Crippen molar-refractivity contribution in [2.45, 2.75) is 19.1 Å². The highest BCUT2D eigenvalue weighted by Crippen LogP contribution is 2.40. The largest absolute Gasteiger partial charge is 0.420 e. The zero-order valence-electron chi connectivity index (χ0n) is 16.5. The number of rotatable bonds is 5. The molecule has 1 aliphatic rings. The number of sulfonamides is 1. The van der Waals surface area contributed by atoms with Gasteiger partial charge >= 0.3 is 6.18 Å². The molecule has 0 spiro atoms. The molecule has 1 aromatic carbocycles. The number of alkyl halides is 3. The lowest BCUT2D eigenvalue weighted by molar-refractivity contribution is -0.137. The van der Waals surface area contributed by atoms with Crippen LogP contribution < -0.4 is 15.4 Å². The first-order chi connectivity index (χ1) is 15.0. The summed E-state index contributed by atoms with van der Waals surface area (Å²) in [6, 6.07) is 4.95. The lowest BCUT2D eigenvalue weighted by atomic mass is 10.0. The van der Waals surface area contributed by atoms with E-state index in [1.165, 1.54) is 11.4 Å². The van der Waals surface area contributed by atoms with Gasteiger partial charge in [0.05, 0.1) is 33.2 Å². The first kappa shape index (κ1) is 22.8. The van der Waals surface area contributed by atoms with Gasteiger partial charge in [0.25, 0.3) is 0 Å². The Morgan fingerprint density at radius 3 is 2.72 bits per heavy atom. The molecule has 0 atom stereocenters. The van der Waals surface area contributed by atoms with Gasteiger partial charge in [0.2, 0.25) is 16.0 Å². The lowest BCUT2D eigenvalue weighted by Crippen LogP contribution is -2.23. The molecule has 4 rings (SSSR count). The van der Waals surface area contributed by atoms with E-state index in [1.54, 1.807) is 6.07 Å². The Kier molecular flexibility index (Phi) is 6.05. The van der Waals surface area contributed by atoms with Crippen LogP contribution in [0.4, 0.5) is 30.5 Å². The van der Waals surface area contributed by atoms with Crippen molar-refractivity contribution in [2.75, 3.05) is 22.8 Å². The van der Waals surface area contributed by atoms with E-state index in [0.29, 0.717) is 23.5 Å². The zero-order chi connectivity index (χ0) is 23.1. The van der Waals surface area contributed by atoms with Gasteiger partial charge in [-0.3, -0.25) is 4.72 Å². The summed E-state index contributed by atoms with van der Waals surface area (Å²) in [6.45, 7) is 1.51. The van der Waals surface area contributed by atoms with Crippen LogP contribution in [0.25, 0.3) is 10.6 Å². The van der Waals surface area contributed by atoms with Crippen molar-refractivity contribution in [1.82, 2.24) is 15.3 Å². The molecular weight excluding hydrogens is 487 g/mol. The molecule has 13 heteroatoms. The summed E-state index contributed by atoms with van der Waals surface area (Å²) in [4.78, 5) is 8.05. The topological polar surface area (TPSA) is 96.0 Å². The molecule has 1 aliphatic heterocycles. The maximum absolute atomic E-state index is 13.6. The van der Waals surface area contributed by atoms with Gasteiger partial charge in [-0.25, -0.2) is 18.4 Å². The molecule has 2 aromatic heterocycles. The monoisotopic (exact) mass is 503 g/mol. The zero-order valence-corrected chi connectivity index (χ0v) is 18.9. The molecule has 0 aliphatic carbocycles. The third kappa shape index (κ3) is 5.14. The number of hydrogen-bond donors (Lipinski definition) is 3. The fourth-order valence-corrected chi connectivity index (χ4v) is 4.98. The number of benzene rings is 1. The third-order valence-corrected chi connectivity index (χ3v) is 6.51. The van der Waals surface area contributed by atoms with Gasteiger partial charge in [-0.2, -0.15) is 13.2 Å². The van der Waals surface area contributed by atoms with Crippen LogP contribution in [0, 0.1) is 0 Å². The van der Waals surface area contributed by atoms with Gasteiger partial charge in [-0.05, 0) is 42.3 Å². The summed E-state index contributed by atoms with van der Waals surface area (Å²) in [5, 5.41) is 7.95. The highest BCUT2D eigenvalue weighted by molar-refractivity contribution is 7.92. The summed E-state index contributed by atoms with van der Waals surface area (Å²) in [6.07, 6.45) is -2.24. The Morgan fingerprint density at radius 1 is 1.22 bits per heavy atom. The van der Waals surface area contributed by atoms with E-state index in [4.69, 9.17) is 11.6 Å². The summed E-state index contributed by atoms with van der Waals surface area (Å²) in [5.41, 5.74) is 1.39. The smallest absolute Gasteiger partial charge is 0.323 e. The Hall–Kier alpha value is -2.41. The molecule has 3 N–H and O–H groups in total. The number of halogens is 4. The summed E-state index contributed by atoms with van der Waals surface area (Å²) in [5.74, 6) is -0.0604. The van der Waals surface area contributed by atoms with E-state index in [-0.39, 0.29) is 22.2 Å². The first-order valence-corrected chi connectivity index (χ1v) is 12.4. The minimum Gasteiger partial charge on any atom is -0.323 e. The van der Waals surface area contributed by atoms with Gasteiger partial charge in [0.15, 0.2) is 0 Å². The Balaban J connectivity index is 1.71. The van der Waals surface area contributed by atoms with Crippen molar-refractivity contribution >= 4 is 50.3 Å². The molecule has 170 valence electrons. The second-order valence-electron chi connectivity index (χ2n) is 7.18. The third-order valence-electron chi connectivity index (χ3n) is 4.65. The lowest BCUT2D eigenvalue weighted by Gasteiger charge is -2.19. The number of fused-ring (bicyclic) bond motifs is 1. The molecule has 7 nitrogen and oxygen atoms in total. The minimum absolute atomic E-state index is 0.0604. The minimum atomic E-state index is -4.70. The van der Waals surface area contributed by atoms with E-state index >= 15 is 0 Å². The van der Waals surface area contributed by atoms with E-state index in [1.807, 2.05) is 6.07 Å². The van der Waals surface area contributed by atoms with Gasteiger partial charge < -0.3 is 10.6 Å². The average molecular weight is 504 g/mol. The molecule has 0 saturated carbocycles. The molecule has 32 heavy (non-hydrogen) atoms. The number of anilines is 3. The van der Waals surface area contributed by atoms with E-state index in [2.05, 4.69) is 25.3 Å². The van der Waals surface area contributed by atoms with Gasteiger partial charge in [-0.1, -0.05) is 11.6 Å². The number of thiophene rings is 1. The highest BCUT2D eigenvalue weighted by atomic mass is 35.5. The fraction of sp³-hybridized carbons (Fsp3) is 0.263. The number of nitrogens with zero attached hydrogens (tertiary/aromatic N) is 2. The standard InChI is InChI=1S/C19H17ClF3N5O2S2/c1-32(29,30)28-12-6-16(31-9-12)17-13(19(21,22)23)8-25-18(27-17)26-15-5-10-2-3-24-7-11(10)4-14(15)20/h4-6,8-9,24,28H,2-3,7H2,1H3,(H,25,26,27).